The molecule has 0 saturated heterocycles. The third-order valence-corrected chi connectivity index (χ3v) is 10.9. The van der Waals surface area contributed by atoms with Crippen molar-refractivity contribution in [2.45, 2.75) is 116 Å². The minimum absolute atomic E-state index is 0.00103. The molecule has 0 radical (unpaired) electrons. The zero-order chi connectivity index (χ0) is 28.3. The number of hydrogen-bond acceptors (Lipinski definition) is 6. The molecule has 5 rings (SSSR count). The molecule has 6 atom stereocenters. The number of fused-ring (bicyclic) bond motifs is 3. The number of ketones is 1. The summed E-state index contributed by atoms with van der Waals surface area (Å²) < 4.78 is 11.8. The molecule has 1 spiro atoms. The highest BCUT2D eigenvalue weighted by atomic mass is 16.5. The Morgan fingerprint density at radius 3 is 2.41 bits per heavy atom. The van der Waals surface area contributed by atoms with Crippen LogP contribution in [-0.4, -0.2) is 37.5 Å². The number of ether oxygens (including phenoxy) is 2. The van der Waals surface area contributed by atoms with E-state index in [1.165, 1.54) is 7.11 Å². The standard InChI is InChI=1S/C31H47N3O5/c1-21-22-14-17-31(27(21)36)24(19-22)30(28(37)38-4)16-12-15-29(2,3)23(30)20-25(31)39-26(35)13-10-8-6-5-7-9-11-18-33-34-32/h22-25H,1,5-20H2,2-4H3/t22-,23?,24?,25+,30?,31+/m0/s1. The predicted molar refractivity (Wildman–Crippen MR) is 148 cm³/mol. The molecule has 0 aromatic heterocycles. The zero-order valence-corrected chi connectivity index (χ0v) is 24.2. The van der Waals surface area contributed by atoms with Gasteiger partial charge in [0, 0.05) is 17.9 Å². The average molecular weight is 542 g/mol. The number of carbonyl (C=O) groups is 3. The lowest BCUT2D eigenvalue weighted by atomic mass is 9.35. The lowest BCUT2D eigenvalue weighted by molar-refractivity contribution is -0.233. The van der Waals surface area contributed by atoms with Crippen LogP contribution in [0.1, 0.15) is 110 Å². The van der Waals surface area contributed by atoms with Crippen molar-refractivity contribution in [2.75, 3.05) is 13.7 Å². The first-order valence-corrected chi connectivity index (χ1v) is 15.2. The Bertz CT molecular complexity index is 1020. The van der Waals surface area contributed by atoms with Crippen LogP contribution >= 0.6 is 0 Å². The van der Waals surface area contributed by atoms with Gasteiger partial charge in [0.05, 0.1) is 17.9 Å². The van der Waals surface area contributed by atoms with E-state index in [4.69, 9.17) is 15.0 Å². The molecule has 8 heteroatoms. The lowest BCUT2D eigenvalue weighted by Crippen LogP contribution is -2.71. The number of Topliss-reactive ketones (excluding diaryl/α,β-unsaturated/α-hetero) is 1. The second kappa shape index (κ2) is 12.0. The van der Waals surface area contributed by atoms with Gasteiger partial charge in [0.1, 0.15) is 6.10 Å². The first-order valence-electron chi connectivity index (χ1n) is 15.2. The summed E-state index contributed by atoms with van der Waals surface area (Å²) in [7, 11) is 1.47. The Kier molecular flexibility index (Phi) is 9.15. The molecule has 8 nitrogen and oxygen atoms in total. The molecule has 0 amide bonds. The predicted octanol–water partition coefficient (Wildman–Crippen LogP) is 7.26. The number of esters is 2. The van der Waals surface area contributed by atoms with Crippen LogP contribution in [0.5, 0.6) is 0 Å². The van der Waals surface area contributed by atoms with Gasteiger partial charge in [-0.15, -0.1) is 0 Å². The second-order valence-corrected chi connectivity index (χ2v) is 13.2. The number of methoxy groups -OCH3 is 1. The molecule has 5 aliphatic carbocycles. The molecule has 0 aliphatic heterocycles. The maximum atomic E-state index is 14.0. The summed E-state index contributed by atoms with van der Waals surface area (Å²) >= 11 is 0. The highest BCUT2D eigenvalue weighted by Gasteiger charge is 2.74. The SMILES string of the molecule is C=C1C(=O)[C@]23CC[C@H]1CC2C1(C(=O)OC)CCCC(C)(C)C1C[C@H]3OC(=O)CCCCCCCCCN=[N+]=[N-]. The fourth-order valence-electron chi connectivity index (χ4n) is 9.06. The topological polar surface area (TPSA) is 118 Å². The second-order valence-electron chi connectivity index (χ2n) is 13.2. The lowest BCUT2D eigenvalue weighted by Gasteiger charge is -2.67. The van der Waals surface area contributed by atoms with Crippen LogP contribution in [0, 0.1) is 34.0 Å². The Morgan fingerprint density at radius 2 is 1.72 bits per heavy atom. The minimum atomic E-state index is -0.866. The summed E-state index contributed by atoms with van der Waals surface area (Å²) in [5.74, 6) is -0.461. The van der Waals surface area contributed by atoms with Crippen LogP contribution in [-0.2, 0) is 23.9 Å². The van der Waals surface area contributed by atoms with E-state index in [0.29, 0.717) is 31.4 Å². The van der Waals surface area contributed by atoms with Crippen molar-refractivity contribution in [3.8, 4) is 0 Å². The average Bonchev–Trinajstić information content (AvgIpc) is 2.92. The van der Waals surface area contributed by atoms with Crippen LogP contribution < -0.4 is 0 Å². The van der Waals surface area contributed by atoms with Crippen LogP contribution in [0.4, 0.5) is 0 Å². The summed E-state index contributed by atoms with van der Waals surface area (Å²) in [6.45, 7) is 9.19. The molecule has 0 aromatic rings. The molecule has 5 aliphatic rings. The molecule has 5 saturated carbocycles. The maximum absolute atomic E-state index is 14.0. The maximum Gasteiger partial charge on any atom is 0.312 e. The number of hydrogen-bond donors (Lipinski definition) is 0. The van der Waals surface area contributed by atoms with E-state index in [1.807, 2.05) is 0 Å². The van der Waals surface area contributed by atoms with Crippen molar-refractivity contribution < 1.29 is 23.9 Å². The summed E-state index contributed by atoms with van der Waals surface area (Å²) in [5, 5.41) is 3.56. The van der Waals surface area contributed by atoms with E-state index in [0.717, 1.165) is 77.0 Å². The summed E-state index contributed by atoms with van der Waals surface area (Å²) in [4.78, 5) is 43.6. The number of allylic oxidation sites excluding steroid dienone is 1. The number of rotatable bonds is 12. The van der Waals surface area contributed by atoms with Gasteiger partial charge >= 0.3 is 11.9 Å². The van der Waals surface area contributed by atoms with E-state index in [2.05, 4.69) is 30.5 Å². The molecule has 39 heavy (non-hydrogen) atoms. The first-order chi connectivity index (χ1) is 18.6. The van der Waals surface area contributed by atoms with Crippen molar-refractivity contribution >= 4 is 17.7 Å². The van der Waals surface area contributed by atoms with Crippen LogP contribution in [0.2, 0.25) is 0 Å². The van der Waals surface area contributed by atoms with E-state index in [-0.39, 0.29) is 40.9 Å². The van der Waals surface area contributed by atoms with Gasteiger partial charge < -0.3 is 9.47 Å². The van der Waals surface area contributed by atoms with Gasteiger partial charge in [-0.1, -0.05) is 64.1 Å². The van der Waals surface area contributed by atoms with Gasteiger partial charge in [0.2, 0.25) is 0 Å². The van der Waals surface area contributed by atoms with Crippen molar-refractivity contribution in [1.82, 2.24) is 0 Å². The fourth-order valence-corrected chi connectivity index (χ4v) is 9.06. The number of unbranched alkanes of at least 4 members (excludes halogenated alkanes) is 6. The third kappa shape index (κ3) is 5.26. The molecular formula is C31H47N3O5. The summed E-state index contributed by atoms with van der Waals surface area (Å²) in [6.07, 6.45) is 12.3. The highest BCUT2D eigenvalue weighted by Crippen LogP contribution is 2.71. The Hall–Kier alpha value is -2.34. The zero-order valence-electron chi connectivity index (χ0n) is 24.2. The van der Waals surface area contributed by atoms with E-state index < -0.39 is 16.9 Å². The van der Waals surface area contributed by atoms with Gasteiger partial charge in [-0.3, -0.25) is 14.4 Å². The smallest absolute Gasteiger partial charge is 0.312 e. The van der Waals surface area contributed by atoms with Crippen molar-refractivity contribution in [2.24, 2.45) is 39.1 Å². The number of carbonyl (C=O) groups excluding carboxylic acids is 3. The van der Waals surface area contributed by atoms with E-state index in [1.54, 1.807) is 0 Å². The van der Waals surface area contributed by atoms with Gasteiger partial charge in [0.15, 0.2) is 5.78 Å². The number of nitrogens with zero attached hydrogens (tertiary/aromatic N) is 3. The molecule has 3 unspecified atom stereocenters. The van der Waals surface area contributed by atoms with Gasteiger partial charge in [-0.25, -0.2) is 0 Å². The molecule has 2 bridgehead atoms. The van der Waals surface area contributed by atoms with Gasteiger partial charge in [-0.2, -0.15) is 0 Å². The fraction of sp³-hybridized carbons (Fsp3) is 0.839. The quantitative estimate of drug-likeness (QED) is 0.0643. The van der Waals surface area contributed by atoms with Crippen molar-refractivity contribution in [3.05, 3.63) is 22.6 Å². The summed E-state index contributed by atoms with van der Waals surface area (Å²) in [5.41, 5.74) is 7.29. The monoisotopic (exact) mass is 541 g/mol. The molecule has 5 fully saturated rings. The van der Waals surface area contributed by atoms with Crippen molar-refractivity contribution in [1.29, 1.82) is 0 Å². The highest BCUT2D eigenvalue weighted by molar-refractivity contribution is 6.03. The molecular weight excluding hydrogens is 494 g/mol. The van der Waals surface area contributed by atoms with Gasteiger partial charge in [0.25, 0.3) is 0 Å². The normalized spacial score (nSPS) is 34.4. The van der Waals surface area contributed by atoms with Crippen LogP contribution in [0.25, 0.3) is 10.4 Å². The van der Waals surface area contributed by atoms with Gasteiger partial charge in [-0.05, 0) is 85.6 Å². The molecule has 0 aromatic carbocycles. The minimum Gasteiger partial charge on any atom is -0.469 e. The van der Waals surface area contributed by atoms with Crippen LogP contribution in [0.15, 0.2) is 17.3 Å². The Labute approximate surface area is 233 Å². The number of azide groups is 1. The molecule has 0 N–H and O–H groups in total. The molecule has 0 heterocycles. The summed E-state index contributed by atoms with van der Waals surface area (Å²) in [6, 6.07) is 0. The third-order valence-electron chi connectivity index (χ3n) is 10.9. The Balaban J connectivity index is 1.46. The van der Waals surface area contributed by atoms with E-state index in [9.17, 15) is 14.4 Å². The van der Waals surface area contributed by atoms with E-state index >= 15 is 0 Å². The molecule has 216 valence electrons. The largest absolute Gasteiger partial charge is 0.469 e. The first kappa shape index (κ1) is 29.6. The Morgan fingerprint density at radius 1 is 1.03 bits per heavy atom. The van der Waals surface area contributed by atoms with Crippen molar-refractivity contribution in [3.63, 3.8) is 0 Å². The van der Waals surface area contributed by atoms with Crippen LogP contribution in [0.3, 0.4) is 0 Å².